The van der Waals surface area contributed by atoms with Crippen LogP contribution in [0.15, 0.2) is 340 Å². The first-order valence-electron chi connectivity index (χ1n) is 28.7. The van der Waals surface area contributed by atoms with Crippen LogP contribution in [0.25, 0.3) is 0 Å². The zero-order valence-electron chi connectivity index (χ0n) is 49.4. The fraction of sp³-hybridized carbons (Fsp3) is 0.0137. The van der Waals surface area contributed by atoms with E-state index in [-0.39, 0.29) is 50.1 Å². The molecule has 12 aromatic carbocycles. The molecule has 0 aliphatic carbocycles. The third-order valence-corrected chi connectivity index (χ3v) is 24.7. The van der Waals surface area contributed by atoms with Gasteiger partial charge in [0.25, 0.3) is 0 Å². The van der Waals surface area contributed by atoms with E-state index in [0.717, 1.165) is 23.0 Å². The molecule has 0 bridgehead atoms. The number of ether oxygens (including phenoxy) is 2. The molecule has 0 spiro atoms. The number of para-hydroxylation sites is 4. The predicted octanol–water partition coefficient (Wildman–Crippen LogP) is 16.9. The van der Waals surface area contributed by atoms with E-state index in [9.17, 15) is 34.5 Å². The first-order chi connectivity index (χ1) is 44.2. The van der Waals surface area contributed by atoms with Crippen molar-refractivity contribution in [3.05, 3.63) is 340 Å². The van der Waals surface area contributed by atoms with Crippen LogP contribution in [0.3, 0.4) is 0 Å². The minimum Gasteiger partial charge on any atom is -0.449 e. The van der Waals surface area contributed by atoms with E-state index in [2.05, 4.69) is 340 Å². The van der Waals surface area contributed by atoms with E-state index in [4.69, 9.17) is 32.7 Å². The molecule has 12 rings (SSSR count). The van der Waals surface area contributed by atoms with Gasteiger partial charge in [-0.1, -0.05) is 194 Å². The first-order valence-corrected chi connectivity index (χ1v) is 35.8. The Morgan fingerprint density at radius 1 is 0.215 bits per heavy atom. The maximum absolute atomic E-state index is 9.75. The average molecular weight is 1730 g/mol. The largest absolute Gasteiger partial charge is 1.00 e. The van der Waals surface area contributed by atoms with Crippen LogP contribution in [0, 0.1) is 0 Å². The van der Waals surface area contributed by atoms with Crippen molar-refractivity contribution in [3.8, 4) is 23.0 Å². The second-order valence-electron chi connectivity index (χ2n) is 19.7. The van der Waals surface area contributed by atoms with Crippen molar-refractivity contribution < 1.29 is 88.8 Å². The van der Waals surface area contributed by atoms with Gasteiger partial charge in [0, 0.05) is 0 Å². The predicted molar refractivity (Wildman–Crippen MR) is 383 cm³/mol. The number of rotatable bonds is 16. The summed E-state index contributed by atoms with van der Waals surface area (Å²) in [6, 6.07) is 121. The summed E-state index contributed by atoms with van der Waals surface area (Å²) in [5, 5.41) is 16.0. The summed E-state index contributed by atoms with van der Waals surface area (Å²) >= 11 is 9.53. The first kappa shape index (κ1) is 75.6. The summed E-state index contributed by atoms with van der Waals surface area (Å²) < 4.78 is 91.9. The molecule has 0 unspecified atom stereocenters. The summed E-state index contributed by atoms with van der Waals surface area (Å²) in [7, 11) is -17.1. The number of benzene rings is 12. The van der Waals surface area contributed by atoms with E-state index >= 15 is 0 Å². The van der Waals surface area contributed by atoms with Crippen LogP contribution >= 0.6 is 54.9 Å². The van der Waals surface area contributed by atoms with Crippen LogP contribution in [0.2, 0.25) is 0 Å². The standard InChI is InChI=1S/2C36H28OP2.CH2Cl2.2Au.2BF4/c2*1-5-17-29(18-6-1)38(30-19-7-2-8-20-30)35-27-15-13-25-33(35)37-34-26-14-16-28-36(34)39(31-21-9-3-10-22-31)32-23-11-4-12-24-32;2-1-3;;;2*2-1(3,4)5/h2*1-28H;1H2;;;;/q;;;2*+1;2*-1/p+4. The fourth-order valence-corrected chi connectivity index (χ4v) is 20.6. The Bertz CT molecular complexity index is 3370. The van der Waals surface area contributed by atoms with Crippen LogP contribution in [-0.4, -0.2) is 19.8 Å². The summed E-state index contributed by atoms with van der Waals surface area (Å²) in [6.45, 7) is 0. The van der Waals surface area contributed by atoms with Gasteiger partial charge in [0.2, 0.25) is 0 Å². The van der Waals surface area contributed by atoms with Crippen molar-refractivity contribution in [1.29, 1.82) is 0 Å². The minimum atomic E-state index is -6.00. The molecule has 0 aromatic heterocycles. The van der Waals surface area contributed by atoms with Crippen LogP contribution in [-0.2, 0) is 44.8 Å². The van der Waals surface area contributed by atoms with Gasteiger partial charge in [-0.2, -0.15) is 0 Å². The maximum atomic E-state index is 9.75. The van der Waals surface area contributed by atoms with Gasteiger partial charge >= 0.3 is 59.3 Å². The second-order valence-corrected chi connectivity index (χ2v) is 30.3. The Morgan fingerprint density at radius 3 is 0.452 bits per heavy atom. The molecule has 0 saturated heterocycles. The number of hydrogen-bond acceptors (Lipinski definition) is 2. The van der Waals surface area contributed by atoms with Crippen LogP contribution in [0.4, 0.5) is 34.5 Å². The van der Waals surface area contributed by atoms with Gasteiger partial charge in [-0.05, 0) is 146 Å². The molecule has 20 heteroatoms. The van der Waals surface area contributed by atoms with Crippen molar-refractivity contribution >= 4 is 133 Å². The van der Waals surface area contributed by atoms with Crippen molar-refractivity contribution in [1.82, 2.24) is 0 Å². The molecule has 0 atom stereocenters. The maximum Gasteiger partial charge on any atom is 1.00 e. The van der Waals surface area contributed by atoms with Gasteiger partial charge in [-0.15, -0.1) is 23.2 Å². The number of halogens is 10. The molecule has 0 fully saturated rings. The molecule has 0 aliphatic heterocycles. The SMILES string of the molecule is ClCCl.F[B-](F)(F)F.F[B-](F)(F)F.[Au+].[Au+].c1ccc([PH+](c2ccccc2)c2ccccc2Oc2ccccc2[PH+](c2ccccc2)c2ccccc2)cc1.c1ccc([PH+](c2ccccc2)c2ccccc2Oc2ccccc2[PH+](c2ccccc2)c2ccccc2)cc1. The van der Waals surface area contributed by atoms with Crippen molar-refractivity contribution in [2.24, 2.45) is 0 Å². The van der Waals surface area contributed by atoms with Crippen LogP contribution < -0.4 is 73.1 Å². The molecule has 0 saturated carbocycles. The molecule has 12 aromatic rings. The van der Waals surface area contributed by atoms with Crippen molar-refractivity contribution in [2.75, 3.05) is 5.34 Å². The third kappa shape index (κ3) is 24.1. The molecule has 480 valence electrons. The number of hydrogen-bond donors (Lipinski definition) is 0. The van der Waals surface area contributed by atoms with E-state index in [0.29, 0.717) is 0 Å². The van der Waals surface area contributed by atoms with Crippen LogP contribution in [0.1, 0.15) is 0 Å². The molecule has 0 aliphatic rings. The Hall–Kier alpha value is -6.41. The van der Waals surface area contributed by atoms with E-state index in [1.54, 1.807) is 0 Å². The summed E-state index contributed by atoms with van der Waals surface area (Å²) in [6.07, 6.45) is 0. The average Bonchev–Trinajstić information content (AvgIpc) is 0.838. The van der Waals surface area contributed by atoms with Crippen molar-refractivity contribution in [3.63, 3.8) is 0 Å². The zero-order chi connectivity index (χ0) is 64.3. The van der Waals surface area contributed by atoms with Crippen LogP contribution in [0.5, 0.6) is 23.0 Å². The monoisotopic (exact) mass is 1730 g/mol. The Balaban J connectivity index is 0.000000244. The molecule has 0 heterocycles. The fourth-order valence-electron chi connectivity index (χ4n) is 10.0. The van der Waals surface area contributed by atoms with Gasteiger partial charge in [-0.3, -0.25) is 0 Å². The minimum absolute atomic E-state index is 0. The Morgan fingerprint density at radius 2 is 0.323 bits per heavy atom. The quantitative estimate of drug-likeness (QED) is 0.0415. The van der Waals surface area contributed by atoms with Crippen molar-refractivity contribution in [2.45, 2.75) is 0 Å². The zero-order valence-corrected chi connectivity index (χ0v) is 59.2. The molecule has 0 N–H and O–H groups in total. The molecular weight excluding hydrogens is 1670 g/mol. The van der Waals surface area contributed by atoms with E-state index in [1.807, 2.05) is 0 Å². The van der Waals surface area contributed by atoms with Gasteiger partial charge in [0.05, 0.1) is 5.34 Å². The van der Waals surface area contributed by atoms with Gasteiger partial charge < -0.3 is 44.0 Å². The molecule has 0 amide bonds. The van der Waals surface area contributed by atoms with Gasteiger partial charge in [0.1, 0.15) is 95.3 Å². The number of alkyl halides is 2. The Labute approximate surface area is 585 Å². The molecule has 0 radical (unpaired) electrons. The topological polar surface area (TPSA) is 18.5 Å². The summed E-state index contributed by atoms with van der Waals surface area (Å²) in [5.74, 6) is 3.70. The summed E-state index contributed by atoms with van der Waals surface area (Å²) in [5.41, 5.74) is 0. The molecular formula is C73H62Au2B2Cl2F8O2P4+4. The van der Waals surface area contributed by atoms with Gasteiger partial charge in [0.15, 0.2) is 23.0 Å². The smallest absolute Gasteiger partial charge is 0.449 e. The molecule has 2 nitrogen and oxygen atoms in total. The van der Waals surface area contributed by atoms with E-state index < -0.39 is 46.2 Å². The summed E-state index contributed by atoms with van der Waals surface area (Å²) in [4.78, 5) is 0. The second kappa shape index (κ2) is 39.5. The molecule has 93 heavy (non-hydrogen) atoms. The Kier molecular flexibility index (Phi) is 32.1. The normalized spacial score (nSPS) is 10.7. The van der Waals surface area contributed by atoms with E-state index in [1.165, 1.54) is 63.7 Å². The van der Waals surface area contributed by atoms with Gasteiger partial charge in [-0.25, -0.2) is 0 Å². The third-order valence-electron chi connectivity index (χ3n) is 13.6.